The number of aromatic nitrogens is 2. The number of benzene rings is 1. The number of rotatable bonds is 3. The van der Waals surface area contributed by atoms with Crippen LogP contribution in [0.4, 0.5) is 14.9 Å². The molecule has 1 aliphatic rings. The van der Waals surface area contributed by atoms with E-state index in [2.05, 4.69) is 15.7 Å². The molecule has 25 heavy (non-hydrogen) atoms. The summed E-state index contributed by atoms with van der Waals surface area (Å²) in [7, 11) is 1.82. The number of halogens is 1. The highest BCUT2D eigenvalue weighted by atomic mass is 19.1. The third-order valence-electron chi connectivity index (χ3n) is 4.20. The molecule has 0 unspecified atom stereocenters. The number of amides is 2. The summed E-state index contributed by atoms with van der Waals surface area (Å²) in [4.78, 5) is 12.5. The van der Waals surface area contributed by atoms with Gasteiger partial charge in [-0.15, -0.1) is 0 Å². The third kappa shape index (κ3) is 3.92. The second-order valence-corrected chi connectivity index (χ2v) is 6.58. The van der Waals surface area contributed by atoms with E-state index in [0.29, 0.717) is 18.0 Å². The topological polar surface area (TPSA) is 68.2 Å². The summed E-state index contributed by atoms with van der Waals surface area (Å²) >= 11 is 0. The van der Waals surface area contributed by atoms with Crippen molar-refractivity contribution < 1.29 is 13.9 Å². The van der Waals surface area contributed by atoms with E-state index in [0.717, 1.165) is 24.1 Å². The van der Waals surface area contributed by atoms with Crippen LogP contribution in [0.3, 0.4) is 0 Å². The molecule has 0 radical (unpaired) electrons. The van der Waals surface area contributed by atoms with Gasteiger partial charge >= 0.3 is 6.03 Å². The number of nitrogens with one attached hydrogen (secondary N) is 2. The number of ether oxygens (including phenoxy) is 1. The fraction of sp³-hybridized carbons (Fsp3) is 0.444. The molecule has 6 nitrogen and oxygen atoms in total. The third-order valence-corrected chi connectivity index (χ3v) is 4.20. The van der Waals surface area contributed by atoms with Crippen LogP contribution in [-0.4, -0.2) is 22.4 Å². The van der Waals surface area contributed by atoms with Crippen molar-refractivity contribution in [1.82, 2.24) is 15.1 Å². The predicted molar refractivity (Wildman–Crippen MR) is 93.3 cm³/mol. The van der Waals surface area contributed by atoms with E-state index in [1.165, 1.54) is 12.1 Å². The number of nitrogens with zero attached hydrogens (tertiary/aromatic N) is 2. The van der Waals surface area contributed by atoms with E-state index in [1.54, 1.807) is 16.9 Å². The van der Waals surface area contributed by atoms with Gasteiger partial charge in [-0.3, -0.25) is 4.68 Å². The maximum absolute atomic E-state index is 13.4. The minimum atomic E-state index is -0.346. The van der Waals surface area contributed by atoms with Crippen LogP contribution in [0.5, 0.6) is 5.75 Å². The highest BCUT2D eigenvalue weighted by Gasteiger charge is 2.23. The van der Waals surface area contributed by atoms with E-state index >= 15 is 0 Å². The number of urea groups is 1. The number of hydrogen-bond acceptors (Lipinski definition) is 3. The summed E-state index contributed by atoms with van der Waals surface area (Å²) in [5, 5.41) is 10.2. The Morgan fingerprint density at radius 2 is 2.24 bits per heavy atom. The first-order valence-corrected chi connectivity index (χ1v) is 8.47. The fourth-order valence-corrected chi connectivity index (χ4v) is 3.04. The highest BCUT2D eigenvalue weighted by Crippen LogP contribution is 2.32. The monoisotopic (exact) mass is 346 g/mol. The molecular formula is C18H23FN4O2. The molecule has 0 saturated carbocycles. The number of carbonyl (C=O) groups excluding carboxylic acids is 1. The Balaban J connectivity index is 1.75. The van der Waals surface area contributed by atoms with E-state index < -0.39 is 0 Å². The molecule has 7 heteroatoms. The number of anilines is 1. The van der Waals surface area contributed by atoms with Crippen molar-refractivity contribution in [3.05, 3.63) is 41.5 Å². The zero-order valence-electron chi connectivity index (χ0n) is 14.7. The van der Waals surface area contributed by atoms with Gasteiger partial charge in [0, 0.05) is 24.9 Å². The fourth-order valence-electron chi connectivity index (χ4n) is 3.04. The van der Waals surface area contributed by atoms with Gasteiger partial charge in [0.2, 0.25) is 0 Å². The number of aryl methyl sites for hydroxylation is 1. The molecule has 2 N–H and O–H groups in total. The van der Waals surface area contributed by atoms with Crippen LogP contribution < -0.4 is 15.4 Å². The molecule has 2 heterocycles. The Labute approximate surface area is 146 Å². The van der Waals surface area contributed by atoms with Gasteiger partial charge in [0.25, 0.3) is 0 Å². The van der Waals surface area contributed by atoms with E-state index in [9.17, 15) is 9.18 Å². The standard InChI is InChI=1S/C18H23FN4O2/c1-11(2)17-15(10-23(3)22-17)21-18(24)20-14-5-4-8-25-16-9-12(19)6-7-13(14)16/h6-7,9-11,14H,4-5,8H2,1-3H3,(H2,20,21,24)/t14-/m1/s1. The zero-order valence-corrected chi connectivity index (χ0v) is 14.7. The Bertz CT molecular complexity index is 772. The molecule has 2 amide bonds. The summed E-state index contributed by atoms with van der Waals surface area (Å²) in [5.41, 5.74) is 2.33. The maximum atomic E-state index is 13.4. The van der Waals surface area contributed by atoms with Gasteiger partial charge in [-0.25, -0.2) is 9.18 Å². The van der Waals surface area contributed by atoms with Gasteiger partial charge in [0.05, 0.1) is 24.0 Å². The van der Waals surface area contributed by atoms with Crippen molar-refractivity contribution >= 4 is 11.7 Å². The van der Waals surface area contributed by atoms with E-state index in [4.69, 9.17) is 4.74 Å². The molecule has 0 saturated heterocycles. The van der Waals surface area contributed by atoms with Gasteiger partial charge in [-0.2, -0.15) is 5.10 Å². The van der Waals surface area contributed by atoms with Crippen molar-refractivity contribution in [1.29, 1.82) is 0 Å². The van der Waals surface area contributed by atoms with Crippen molar-refractivity contribution in [2.45, 2.75) is 38.6 Å². The largest absolute Gasteiger partial charge is 0.493 e. The second-order valence-electron chi connectivity index (χ2n) is 6.58. The first-order valence-electron chi connectivity index (χ1n) is 8.47. The molecule has 0 bridgehead atoms. The van der Waals surface area contributed by atoms with Crippen molar-refractivity contribution in [3.8, 4) is 5.75 Å². The van der Waals surface area contributed by atoms with Gasteiger partial charge in [0.1, 0.15) is 11.6 Å². The first kappa shape index (κ1) is 17.3. The average Bonchev–Trinajstić information content (AvgIpc) is 2.79. The summed E-state index contributed by atoms with van der Waals surface area (Å²) in [5.74, 6) is 0.347. The first-order chi connectivity index (χ1) is 11.9. The lowest BCUT2D eigenvalue weighted by atomic mass is 10.0. The molecule has 0 spiro atoms. The van der Waals surface area contributed by atoms with E-state index in [1.807, 2.05) is 20.9 Å². The maximum Gasteiger partial charge on any atom is 0.319 e. The predicted octanol–water partition coefficient (Wildman–Crippen LogP) is 3.72. The van der Waals surface area contributed by atoms with Crippen LogP contribution in [0.25, 0.3) is 0 Å². The Hall–Kier alpha value is -2.57. The molecule has 1 aromatic carbocycles. The second kappa shape index (κ2) is 7.13. The SMILES string of the molecule is CC(C)c1nn(C)cc1NC(=O)N[C@@H]1CCCOc2cc(F)ccc21. The molecule has 0 aliphatic carbocycles. The molecule has 3 rings (SSSR count). The Morgan fingerprint density at radius 1 is 1.44 bits per heavy atom. The normalized spacial score (nSPS) is 16.8. The van der Waals surface area contributed by atoms with Crippen molar-refractivity contribution in [2.75, 3.05) is 11.9 Å². The van der Waals surface area contributed by atoms with Gasteiger partial charge in [-0.05, 0) is 24.8 Å². The van der Waals surface area contributed by atoms with Crippen LogP contribution in [0.2, 0.25) is 0 Å². The molecule has 1 aliphatic heterocycles. The molecule has 2 aromatic rings. The summed E-state index contributed by atoms with van der Waals surface area (Å²) in [6.07, 6.45) is 3.30. The van der Waals surface area contributed by atoms with Crippen LogP contribution in [-0.2, 0) is 7.05 Å². The smallest absolute Gasteiger partial charge is 0.319 e. The molecule has 1 atom stereocenters. The summed E-state index contributed by atoms with van der Waals surface area (Å²) in [6, 6.07) is 3.89. The van der Waals surface area contributed by atoms with Crippen molar-refractivity contribution in [2.24, 2.45) is 7.05 Å². The molecule has 134 valence electrons. The van der Waals surface area contributed by atoms with Gasteiger partial charge in [-0.1, -0.05) is 19.9 Å². The lowest BCUT2D eigenvalue weighted by molar-refractivity contribution is 0.247. The van der Waals surface area contributed by atoms with Crippen molar-refractivity contribution in [3.63, 3.8) is 0 Å². The van der Waals surface area contributed by atoms with Gasteiger partial charge < -0.3 is 15.4 Å². The summed E-state index contributed by atoms with van der Waals surface area (Å²) in [6.45, 7) is 4.56. The number of carbonyl (C=O) groups is 1. The van der Waals surface area contributed by atoms with Crippen LogP contribution in [0.15, 0.2) is 24.4 Å². The average molecular weight is 346 g/mol. The van der Waals surface area contributed by atoms with E-state index in [-0.39, 0.29) is 23.8 Å². The Morgan fingerprint density at radius 3 is 3.00 bits per heavy atom. The molecular weight excluding hydrogens is 323 g/mol. The zero-order chi connectivity index (χ0) is 18.0. The molecule has 1 aromatic heterocycles. The minimum Gasteiger partial charge on any atom is -0.493 e. The number of hydrogen-bond donors (Lipinski definition) is 2. The summed E-state index contributed by atoms with van der Waals surface area (Å²) < 4.78 is 20.7. The molecule has 0 fully saturated rings. The van der Waals surface area contributed by atoms with Crippen LogP contribution >= 0.6 is 0 Å². The van der Waals surface area contributed by atoms with Crippen LogP contribution in [0.1, 0.15) is 49.9 Å². The van der Waals surface area contributed by atoms with Crippen LogP contribution in [0, 0.1) is 5.82 Å². The quantitative estimate of drug-likeness (QED) is 0.890. The lowest BCUT2D eigenvalue weighted by Gasteiger charge is -2.19. The number of fused-ring (bicyclic) bond motifs is 1. The highest BCUT2D eigenvalue weighted by molar-refractivity contribution is 5.90. The minimum absolute atomic E-state index is 0.200. The van der Waals surface area contributed by atoms with Gasteiger partial charge in [0.15, 0.2) is 0 Å². The Kier molecular flexibility index (Phi) is 4.92. The lowest BCUT2D eigenvalue weighted by Crippen LogP contribution is -2.32.